The van der Waals surface area contributed by atoms with Crippen LogP contribution in [0.1, 0.15) is 19.8 Å². The van der Waals surface area contributed by atoms with Gasteiger partial charge in [-0.25, -0.2) is 0 Å². The molecular formula is C7H13NO3S. The summed E-state index contributed by atoms with van der Waals surface area (Å²) in [5.74, 6) is -0.896. The average Bonchev–Trinajstić information content (AvgIpc) is 1.96. The fourth-order valence-corrected chi connectivity index (χ4v) is 1.05. The highest BCUT2D eigenvalue weighted by atomic mass is 32.1. The zero-order valence-corrected chi connectivity index (χ0v) is 7.80. The Hall–Kier alpha value is -0.550. The molecule has 0 saturated carbocycles. The Kier molecular flexibility index (Phi) is 5.74. The molecule has 0 unspecified atom stereocenters. The first-order valence-electron chi connectivity index (χ1n) is 3.76. The van der Waals surface area contributed by atoms with Gasteiger partial charge in [0.05, 0.1) is 6.04 Å². The monoisotopic (exact) mass is 191 g/mol. The van der Waals surface area contributed by atoms with Gasteiger partial charge in [-0.05, 0) is 13.0 Å². The molecule has 4 nitrogen and oxygen atoms in total. The second kappa shape index (κ2) is 6.02. The van der Waals surface area contributed by atoms with E-state index in [1.807, 2.05) is 6.92 Å². The summed E-state index contributed by atoms with van der Waals surface area (Å²) >= 11 is 3.64. The number of carbonyl (C=O) groups is 2. The molecule has 1 atom stereocenters. The number of hydrogen-bond acceptors (Lipinski definition) is 3. The molecule has 0 aliphatic heterocycles. The van der Waals surface area contributed by atoms with E-state index in [1.54, 1.807) is 0 Å². The topological polar surface area (TPSA) is 66.4 Å². The van der Waals surface area contributed by atoms with Gasteiger partial charge in [-0.3, -0.25) is 9.59 Å². The van der Waals surface area contributed by atoms with Crippen molar-refractivity contribution in [1.82, 2.24) is 5.32 Å². The van der Waals surface area contributed by atoms with Crippen molar-refractivity contribution in [2.45, 2.75) is 25.8 Å². The molecule has 0 spiro atoms. The molecule has 0 radical (unpaired) electrons. The van der Waals surface area contributed by atoms with Gasteiger partial charge in [0.2, 0.25) is 5.12 Å². The molecule has 0 aromatic heterocycles. The highest BCUT2D eigenvalue weighted by Gasteiger charge is 2.14. The summed E-state index contributed by atoms with van der Waals surface area (Å²) in [6.45, 7) is 2.49. The fraction of sp³-hybridized carbons (Fsp3) is 0.714. The van der Waals surface area contributed by atoms with Crippen molar-refractivity contribution in [3.63, 3.8) is 0 Å². The van der Waals surface area contributed by atoms with E-state index < -0.39 is 12.0 Å². The van der Waals surface area contributed by atoms with Gasteiger partial charge in [0, 0.05) is 6.42 Å². The molecule has 0 bridgehead atoms. The van der Waals surface area contributed by atoms with Crippen LogP contribution in [0.4, 0.5) is 0 Å². The zero-order chi connectivity index (χ0) is 9.56. The predicted octanol–water partition coefficient (Wildman–Crippen LogP) is 0.286. The summed E-state index contributed by atoms with van der Waals surface area (Å²) in [6.07, 6.45) is 0.287. The lowest BCUT2D eigenvalue weighted by Gasteiger charge is -2.11. The molecule has 0 fully saturated rings. The second-order valence-corrected chi connectivity index (χ2v) is 2.82. The maximum absolute atomic E-state index is 10.8. The lowest BCUT2D eigenvalue weighted by molar-refractivity contribution is -0.137. The van der Waals surface area contributed by atoms with Crippen LogP contribution in [-0.4, -0.2) is 28.8 Å². The van der Waals surface area contributed by atoms with Crippen molar-refractivity contribution < 1.29 is 14.7 Å². The highest BCUT2D eigenvalue weighted by molar-refractivity contribution is 7.96. The van der Waals surface area contributed by atoms with E-state index in [-0.39, 0.29) is 11.5 Å². The third kappa shape index (κ3) is 5.15. The SMILES string of the molecule is CCN[C@@H](CCC(=O)O)C(=O)S. The summed E-state index contributed by atoms with van der Waals surface area (Å²) in [7, 11) is 0. The van der Waals surface area contributed by atoms with Crippen molar-refractivity contribution in [2.24, 2.45) is 0 Å². The second-order valence-electron chi connectivity index (χ2n) is 2.38. The lowest BCUT2D eigenvalue weighted by Crippen LogP contribution is -2.34. The highest BCUT2D eigenvalue weighted by Crippen LogP contribution is 2.00. The van der Waals surface area contributed by atoms with E-state index in [1.165, 1.54) is 0 Å². The standard InChI is InChI=1S/C7H13NO3S/c1-2-8-5(7(11)12)3-4-6(9)10/h5,8H,2-4H2,1H3,(H,9,10)(H,11,12)/t5-/m0/s1. The Morgan fingerprint density at radius 3 is 2.50 bits per heavy atom. The Balaban J connectivity index is 3.79. The Labute approximate surface area is 76.8 Å². The van der Waals surface area contributed by atoms with Crippen LogP contribution in [0.2, 0.25) is 0 Å². The minimum absolute atomic E-state index is 0.00995. The number of hydrogen-bond donors (Lipinski definition) is 3. The van der Waals surface area contributed by atoms with Gasteiger partial charge in [0.25, 0.3) is 0 Å². The number of nitrogens with one attached hydrogen (secondary N) is 1. The van der Waals surface area contributed by atoms with E-state index in [9.17, 15) is 9.59 Å². The fourth-order valence-electron chi connectivity index (χ4n) is 0.827. The molecule has 12 heavy (non-hydrogen) atoms. The number of aliphatic carboxylic acids is 1. The maximum Gasteiger partial charge on any atom is 0.303 e. The van der Waals surface area contributed by atoms with Crippen molar-refractivity contribution in [1.29, 1.82) is 0 Å². The largest absolute Gasteiger partial charge is 0.481 e. The van der Waals surface area contributed by atoms with E-state index in [0.29, 0.717) is 13.0 Å². The van der Waals surface area contributed by atoms with Gasteiger partial charge in [-0.15, -0.1) is 12.6 Å². The van der Waals surface area contributed by atoms with Gasteiger partial charge < -0.3 is 10.4 Å². The summed E-state index contributed by atoms with van der Waals surface area (Å²) in [5.41, 5.74) is 0. The summed E-state index contributed by atoms with van der Waals surface area (Å²) in [5, 5.41) is 10.9. The lowest BCUT2D eigenvalue weighted by atomic mass is 10.2. The number of likely N-dealkylation sites (N-methyl/N-ethyl adjacent to an activating group) is 1. The molecule has 2 N–H and O–H groups in total. The third-order valence-electron chi connectivity index (χ3n) is 1.40. The first-order valence-corrected chi connectivity index (χ1v) is 4.20. The Morgan fingerprint density at radius 2 is 2.17 bits per heavy atom. The molecule has 0 aliphatic carbocycles. The number of carboxylic acid groups (broad SMARTS) is 1. The first kappa shape index (κ1) is 11.4. The summed E-state index contributed by atoms with van der Waals surface area (Å²) < 4.78 is 0. The van der Waals surface area contributed by atoms with E-state index in [0.717, 1.165) is 0 Å². The van der Waals surface area contributed by atoms with Crippen molar-refractivity contribution >= 4 is 23.7 Å². The molecule has 0 aromatic carbocycles. The summed E-state index contributed by atoms with van der Waals surface area (Å²) in [6, 6.07) is -0.436. The number of carboxylic acids is 1. The van der Waals surface area contributed by atoms with Crippen molar-refractivity contribution in [3.05, 3.63) is 0 Å². The number of thiol groups is 1. The van der Waals surface area contributed by atoms with Crippen LogP contribution in [0.3, 0.4) is 0 Å². The minimum Gasteiger partial charge on any atom is -0.481 e. The number of carbonyl (C=O) groups excluding carboxylic acids is 1. The maximum atomic E-state index is 10.8. The van der Waals surface area contributed by atoms with Crippen LogP contribution in [0, 0.1) is 0 Å². The molecular weight excluding hydrogens is 178 g/mol. The normalized spacial score (nSPS) is 12.5. The number of rotatable bonds is 6. The van der Waals surface area contributed by atoms with Crippen LogP contribution in [0.15, 0.2) is 0 Å². The average molecular weight is 191 g/mol. The van der Waals surface area contributed by atoms with Gasteiger partial charge in [-0.2, -0.15) is 0 Å². The molecule has 0 rings (SSSR count). The van der Waals surface area contributed by atoms with E-state index in [4.69, 9.17) is 5.11 Å². The first-order chi connectivity index (χ1) is 5.57. The van der Waals surface area contributed by atoms with E-state index >= 15 is 0 Å². The van der Waals surface area contributed by atoms with Gasteiger partial charge in [-0.1, -0.05) is 6.92 Å². The molecule has 0 aliphatic rings. The van der Waals surface area contributed by atoms with Crippen LogP contribution in [0.25, 0.3) is 0 Å². The van der Waals surface area contributed by atoms with Gasteiger partial charge >= 0.3 is 5.97 Å². The molecule has 0 aromatic rings. The molecule has 0 amide bonds. The Morgan fingerprint density at radius 1 is 1.58 bits per heavy atom. The summed E-state index contributed by atoms with van der Waals surface area (Å²) in [4.78, 5) is 20.9. The zero-order valence-electron chi connectivity index (χ0n) is 6.91. The van der Waals surface area contributed by atoms with Crippen LogP contribution in [0.5, 0.6) is 0 Å². The van der Waals surface area contributed by atoms with Crippen LogP contribution >= 0.6 is 12.6 Å². The van der Waals surface area contributed by atoms with Crippen molar-refractivity contribution in [2.75, 3.05) is 6.54 Å². The predicted molar refractivity (Wildman–Crippen MR) is 48.3 cm³/mol. The smallest absolute Gasteiger partial charge is 0.303 e. The Bertz CT molecular complexity index is 172. The van der Waals surface area contributed by atoms with Crippen molar-refractivity contribution in [3.8, 4) is 0 Å². The molecule has 0 heterocycles. The molecule has 0 saturated heterocycles. The molecule has 70 valence electrons. The van der Waals surface area contributed by atoms with E-state index in [2.05, 4.69) is 17.9 Å². The van der Waals surface area contributed by atoms with Crippen LogP contribution < -0.4 is 5.32 Å². The quantitative estimate of drug-likeness (QED) is 0.528. The molecule has 5 heteroatoms. The van der Waals surface area contributed by atoms with Crippen LogP contribution in [-0.2, 0) is 9.59 Å². The van der Waals surface area contributed by atoms with Gasteiger partial charge in [0.15, 0.2) is 0 Å². The minimum atomic E-state index is -0.896. The third-order valence-corrected chi connectivity index (χ3v) is 1.71. The van der Waals surface area contributed by atoms with Gasteiger partial charge in [0.1, 0.15) is 0 Å².